The molecule has 5 rings (SSSR count). The monoisotopic (exact) mass is 664 g/mol. The van der Waals surface area contributed by atoms with Gasteiger partial charge < -0.3 is 4.74 Å². The van der Waals surface area contributed by atoms with E-state index in [1.165, 1.54) is 51.5 Å². The Labute approximate surface area is 267 Å². The Morgan fingerprint density at radius 1 is 1.00 bits per heavy atom. The lowest BCUT2D eigenvalue weighted by molar-refractivity contribution is -0.149. The number of ether oxygens (including phenoxy) is 1. The normalized spacial score (nSPS) is 15.0. The van der Waals surface area contributed by atoms with Crippen molar-refractivity contribution in [1.82, 2.24) is 14.1 Å². The van der Waals surface area contributed by atoms with Crippen molar-refractivity contribution >= 4 is 43.5 Å². The maximum Gasteiger partial charge on any atom is 0.309 e. The number of nitrogens with zero attached hydrogens (tertiary/aromatic N) is 4. The Morgan fingerprint density at radius 2 is 1.69 bits per heavy atom. The molecule has 232 valence electrons. The molecule has 3 aromatic carbocycles. The topological polar surface area (TPSA) is 139 Å². The molecule has 1 aromatic heterocycles. The maximum absolute atomic E-state index is 13.7. The SMILES string of the molecule is CCOC(=O)C1CCN(S(=O)(=O)c2cccc(-c3nn(-c4ccccc4)cc3C=C(C#N)S(=O)(=O)c3ccc(Cl)cc3)c2)CC1. The molecule has 0 N–H and O–H groups in total. The van der Waals surface area contributed by atoms with E-state index in [1.807, 2.05) is 18.2 Å². The number of para-hydroxylation sites is 1. The van der Waals surface area contributed by atoms with Crippen molar-refractivity contribution in [3.63, 3.8) is 0 Å². The number of hydrogen-bond donors (Lipinski definition) is 0. The Hall–Kier alpha value is -4.28. The Kier molecular flexibility index (Phi) is 9.55. The highest BCUT2D eigenvalue weighted by molar-refractivity contribution is 7.95. The second kappa shape index (κ2) is 13.4. The second-order valence-corrected chi connectivity index (χ2v) is 14.5. The first-order chi connectivity index (χ1) is 21.5. The number of hydrogen-bond acceptors (Lipinski definition) is 8. The zero-order valence-corrected chi connectivity index (χ0v) is 26.6. The van der Waals surface area contributed by atoms with Crippen LogP contribution in [0.5, 0.6) is 0 Å². The van der Waals surface area contributed by atoms with Crippen LogP contribution in [0.1, 0.15) is 25.3 Å². The number of nitriles is 1. The van der Waals surface area contributed by atoms with Gasteiger partial charge in [0.2, 0.25) is 19.9 Å². The minimum absolute atomic E-state index is 0.0214. The molecule has 0 amide bonds. The van der Waals surface area contributed by atoms with E-state index in [9.17, 15) is 26.9 Å². The summed E-state index contributed by atoms with van der Waals surface area (Å²) in [6.45, 7) is 2.33. The molecule has 1 saturated heterocycles. The summed E-state index contributed by atoms with van der Waals surface area (Å²) in [5.74, 6) is -0.668. The van der Waals surface area contributed by atoms with Gasteiger partial charge in [-0.25, -0.2) is 21.5 Å². The molecule has 1 aliphatic heterocycles. The lowest BCUT2D eigenvalue weighted by atomic mass is 9.98. The second-order valence-electron chi connectivity index (χ2n) is 10.2. The smallest absolute Gasteiger partial charge is 0.309 e. The Bertz CT molecular complexity index is 1990. The largest absolute Gasteiger partial charge is 0.466 e. The highest BCUT2D eigenvalue weighted by Gasteiger charge is 2.33. The number of halogens is 1. The summed E-state index contributed by atoms with van der Waals surface area (Å²) in [7, 11) is -8.14. The average molecular weight is 665 g/mol. The standard InChI is InChI=1S/C32H29ClN4O6S2/c1-2-43-32(38)23-15-17-36(18-16-23)45(41,42)29-10-6-7-24(19-29)31-25(22-37(35-31)27-8-4-3-5-9-27)20-30(21-34)44(39,40)28-13-11-26(33)12-14-28/h3-14,19-20,22-23H,2,15-18H2,1H3. The van der Waals surface area contributed by atoms with Crippen molar-refractivity contribution in [1.29, 1.82) is 5.26 Å². The van der Waals surface area contributed by atoms with Gasteiger partial charge in [0.25, 0.3) is 0 Å². The minimum atomic E-state index is -4.21. The van der Waals surface area contributed by atoms with Crippen LogP contribution in [0.25, 0.3) is 23.0 Å². The highest BCUT2D eigenvalue weighted by atomic mass is 35.5. The number of rotatable bonds is 9. The Morgan fingerprint density at radius 3 is 2.33 bits per heavy atom. The molecule has 4 aromatic rings. The molecule has 1 aliphatic rings. The van der Waals surface area contributed by atoms with Crippen molar-refractivity contribution in [3.8, 4) is 23.0 Å². The van der Waals surface area contributed by atoms with Crippen molar-refractivity contribution < 1.29 is 26.4 Å². The van der Waals surface area contributed by atoms with Crippen LogP contribution >= 0.6 is 11.6 Å². The fraction of sp³-hybridized carbons (Fsp3) is 0.219. The maximum atomic E-state index is 13.7. The fourth-order valence-corrected chi connectivity index (χ4v) is 7.82. The number of benzene rings is 3. The molecule has 45 heavy (non-hydrogen) atoms. The number of piperidine rings is 1. The molecular formula is C32H29ClN4O6S2. The van der Waals surface area contributed by atoms with E-state index in [4.69, 9.17) is 16.3 Å². The van der Waals surface area contributed by atoms with Gasteiger partial charge in [0, 0.05) is 35.4 Å². The van der Waals surface area contributed by atoms with Crippen LogP contribution in [0.15, 0.2) is 99.8 Å². The highest BCUT2D eigenvalue weighted by Crippen LogP contribution is 2.32. The van der Waals surface area contributed by atoms with Gasteiger partial charge in [-0.1, -0.05) is 41.9 Å². The van der Waals surface area contributed by atoms with E-state index in [0.717, 1.165) is 0 Å². The van der Waals surface area contributed by atoms with Crippen molar-refractivity contribution in [2.75, 3.05) is 19.7 Å². The summed E-state index contributed by atoms with van der Waals surface area (Å²) < 4.78 is 62.1. The van der Waals surface area contributed by atoms with Crippen molar-refractivity contribution in [2.24, 2.45) is 5.92 Å². The van der Waals surface area contributed by atoms with Crippen LogP contribution in [-0.4, -0.2) is 56.6 Å². The molecule has 0 radical (unpaired) electrons. The van der Waals surface area contributed by atoms with Crippen LogP contribution < -0.4 is 0 Å². The number of allylic oxidation sites excluding steroid dienone is 1. The van der Waals surface area contributed by atoms with E-state index in [1.54, 1.807) is 43.5 Å². The number of sulfone groups is 1. The molecule has 0 unspecified atom stereocenters. The van der Waals surface area contributed by atoms with Gasteiger partial charge >= 0.3 is 5.97 Å². The summed E-state index contributed by atoms with van der Waals surface area (Å²) in [6, 6.07) is 22.6. The molecule has 0 saturated carbocycles. The van der Waals surface area contributed by atoms with Gasteiger partial charge in [0.05, 0.1) is 28.0 Å². The third-order valence-electron chi connectivity index (χ3n) is 7.39. The van der Waals surface area contributed by atoms with E-state index >= 15 is 0 Å². The van der Waals surface area contributed by atoms with Gasteiger partial charge in [-0.2, -0.15) is 14.7 Å². The number of carbonyl (C=O) groups is 1. The summed E-state index contributed by atoms with van der Waals surface area (Å²) in [5, 5.41) is 15.0. The third-order valence-corrected chi connectivity index (χ3v) is 11.2. The fourth-order valence-electron chi connectivity index (χ4n) is 5.03. The first-order valence-electron chi connectivity index (χ1n) is 14.1. The van der Waals surface area contributed by atoms with Crippen LogP contribution in [0, 0.1) is 17.2 Å². The van der Waals surface area contributed by atoms with Gasteiger partial charge in [0.15, 0.2) is 0 Å². The van der Waals surface area contributed by atoms with E-state index in [-0.39, 0.29) is 52.6 Å². The number of carbonyl (C=O) groups excluding carboxylic acids is 1. The van der Waals surface area contributed by atoms with Crippen LogP contribution in [-0.2, 0) is 29.4 Å². The summed E-state index contributed by atoms with van der Waals surface area (Å²) in [5.41, 5.74) is 1.64. The zero-order valence-electron chi connectivity index (χ0n) is 24.2. The van der Waals surface area contributed by atoms with E-state index in [0.29, 0.717) is 29.1 Å². The summed E-state index contributed by atoms with van der Waals surface area (Å²) in [4.78, 5) is 11.5. The van der Waals surface area contributed by atoms with Gasteiger partial charge in [-0.05, 0) is 74.4 Å². The lowest BCUT2D eigenvalue weighted by Crippen LogP contribution is -2.40. The predicted molar refractivity (Wildman–Crippen MR) is 169 cm³/mol. The van der Waals surface area contributed by atoms with Gasteiger partial charge in [-0.3, -0.25) is 4.79 Å². The van der Waals surface area contributed by atoms with Gasteiger partial charge in [-0.15, -0.1) is 0 Å². The number of esters is 1. The number of aromatic nitrogens is 2. The minimum Gasteiger partial charge on any atom is -0.466 e. The third kappa shape index (κ3) is 6.87. The van der Waals surface area contributed by atoms with Crippen LogP contribution in [0.4, 0.5) is 0 Å². The van der Waals surface area contributed by atoms with Crippen molar-refractivity contribution in [3.05, 3.63) is 101 Å². The summed E-state index contributed by atoms with van der Waals surface area (Å²) >= 11 is 5.93. The number of sulfonamides is 1. The zero-order chi connectivity index (χ0) is 32.2. The summed E-state index contributed by atoms with van der Waals surface area (Å²) in [6.07, 6.45) is 3.52. The molecule has 0 atom stereocenters. The molecule has 2 heterocycles. The molecule has 0 aliphatic carbocycles. The molecule has 0 bridgehead atoms. The van der Waals surface area contributed by atoms with Crippen LogP contribution in [0.3, 0.4) is 0 Å². The molecule has 0 spiro atoms. The van der Waals surface area contributed by atoms with E-state index in [2.05, 4.69) is 5.10 Å². The average Bonchev–Trinajstić information content (AvgIpc) is 3.48. The molecular weight excluding hydrogens is 636 g/mol. The predicted octanol–water partition coefficient (Wildman–Crippen LogP) is 5.49. The molecule has 13 heteroatoms. The Balaban J connectivity index is 1.54. The lowest BCUT2D eigenvalue weighted by Gasteiger charge is -2.30. The quantitative estimate of drug-likeness (QED) is 0.169. The van der Waals surface area contributed by atoms with Crippen molar-refractivity contribution in [2.45, 2.75) is 29.6 Å². The first kappa shape index (κ1) is 32.1. The molecule has 1 fully saturated rings. The van der Waals surface area contributed by atoms with Gasteiger partial charge in [0.1, 0.15) is 16.7 Å². The van der Waals surface area contributed by atoms with E-state index < -0.39 is 24.8 Å². The van der Waals surface area contributed by atoms with Crippen LogP contribution in [0.2, 0.25) is 5.02 Å². The molecule has 10 nitrogen and oxygen atoms in total. The first-order valence-corrected chi connectivity index (χ1v) is 17.4.